The van der Waals surface area contributed by atoms with Gasteiger partial charge in [0.2, 0.25) is 5.91 Å². The number of hydrazine groups is 1. The van der Waals surface area contributed by atoms with Gasteiger partial charge in [0.05, 0.1) is 4.47 Å². The molecule has 1 saturated carbocycles. The molecule has 0 saturated heterocycles. The van der Waals surface area contributed by atoms with Gasteiger partial charge in [0.25, 0.3) is 5.91 Å². The van der Waals surface area contributed by atoms with E-state index in [0.717, 1.165) is 27.4 Å². The Morgan fingerprint density at radius 2 is 1.88 bits per heavy atom. The lowest BCUT2D eigenvalue weighted by molar-refractivity contribution is -0.124. The molecular weight excluding hydrogens is 486 g/mol. The van der Waals surface area contributed by atoms with E-state index >= 15 is 0 Å². The summed E-state index contributed by atoms with van der Waals surface area (Å²) in [5.41, 5.74) is 5.81. The standard InChI is InChI=1S/C17H21Br2N3O3S/c1-10-6-12(18)8-13(19)16(10)25-9-15(24)21-22-17(26)20-14(23)7-11-4-2-3-5-11/h6,8,11H,2-5,7,9H2,1H3,(H,21,24)(H2,20,22,23,26). The number of hydrogen-bond acceptors (Lipinski definition) is 4. The third kappa shape index (κ3) is 6.85. The van der Waals surface area contributed by atoms with Gasteiger partial charge in [-0.25, -0.2) is 0 Å². The van der Waals surface area contributed by atoms with Crippen molar-refractivity contribution >= 4 is 61.0 Å². The number of thiocarbonyl (C=S) groups is 1. The van der Waals surface area contributed by atoms with Gasteiger partial charge in [-0.15, -0.1) is 0 Å². The summed E-state index contributed by atoms with van der Waals surface area (Å²) in [7, 11) is 0. The second-order valence-corrected chi connectivity index (χ2v) is 8.41. The molecule has 0 atom stereocenters. The molecule has 26 heavy (non-hydrogen) atoms. The molecule has 0 bridgehead atoms. The van der Waals surface area contributed by atoms with E-state index in [1.54, 1.807) is 0 Å². The lowest BCUT2D eigenvalue weighted by Crippen LogP contribution is -2.49. The summed E-state index contributed by atoms with van der Waals surface area (Å²) in [6.45, 7) is 1.70. The summed E-state index contributed by atoms with van der Waals surface area (Å²) in [4.78, 5) is 23.8. The van der Waals surface area contributed by atoms with E-state index in [-0.39, 0.29) is 17.6 Å². The maximum absolute atomic E-state index is 11.9. The summed E-state index contributed by atoms with van der Waals surface area (Å²) in [6.07, 6.45) is 5.02. The van der Waals surface area contributed by atoms with Crippen LogP contribution in [0.1, 0.15) is 37.7 Å². The average molecular weight is 507 g/mol. The van der Waals surface area contributed by atoms with Gasteiger partial charge in [-0.05, 0) is 71.5 Å². The van der Waals surface area contributed by atoms with Crippen molar-refractivity contribution in [2.45, 2.75) is 39.0 Å². The van der Waals surface area contributed by atoms with Crippen molar-refractivity contribution in [2.75, 3.05) is 6.61 Å². The van der Waals surface area contributed by atoms with Crippen molar-refractivity contribution in [3.8, 4) is 5.75 Å². The molecule has 1 fully saturated rings. The lowest BCUT2D eigenvalue weighted by Gasteiger charge is -2.14. The van der Waals surface area contributed by atoms with Crippen LogP contribution in [-0.4, -0.2) is 23.5 Å². The minimum absolute atomic E-state index is 0.0716. The van der Waals surface area contributed by atoms with E-state index in [0.29, 0.717) is 18.1 Å². The first-order chi connectivity index (χ1) is 12.3. The minimum Gasteiger partial charge on any atom is -0.482 e. The van der Waals surface area contributed by atoms with Crippen LogP contribution in [0, 0.1) is 12.8 Å². The van der Waals surface area contributed by atoms with Crippen LogP contribution in [0.4, 0.5) is 0 Å². The Bertz CT molecular complexity index is 671. The highest BCUT2D eigenvalue weighted by Gasteiger charge is 2.19. The van der Waals surface area contributed by atoms with Crippen molar-refractivity contribution in [3.63, 3.8) is 0 Å². The molecule has 0 radical (unpaired) electrons. The largest absolute Gasteiger partial charge is 0.482 e. The summed E-state index contributed by atoms with van der Waals surface area (Å²) in [6, 6.07) is 3.73. The highest BCUT2D eigenvalue weighted by atomic mass is 79.9. The molecule has 3 N–H and O–H groups in total. The van der Waals surface area contributed by atoms with Gasteiger partial charge in [0.1, 0.15) is 5.75 Å². The SMILES string of the molecule is Cc1cc(Br)cc(Br)c1OCC(=O)NNC(=S)NC(=O)CC1CCCC1. The Morgan fingerprint density at radius 1 is 1.19 bits per heavy atom. The first kappa shape index (κ1) is 21.1. The molecule has 6 nitrogen and oxygen atoms in total. The number of rotatable bonds is 5. The van der Waals surface area contributed by atoms with Gasteiger partial charge in [-0.2, -0.15) is 0 Å². The van der Waals surface area contributed by atoms with Gasteiger partial charge in [0.15, 0.2) is 11.7 Å². The molecular formula is C17H21Br2N3O3S. The second-order valence-electron chi connectivity index (χ2n) is 6.23. The van der Waals surface area contributed by atoms with E-state index in [1.807, 2.05) is 19.1 Å². The Morgan fingerprint density at radius 3 is 2.54 bits per heavy atom. The maximum Gasteiger partial charge on any atom is 0.276 e. The maximum atomic E-state index is 11.9. The predicted molar refractivity (Wildman–Crippen MR) is 111 cm³/mol. The van der Waals surface area contributed by atoms with Crippen molar-refractivity contribution in [1.82, 2.24) is 16.2 Å². The molecule has 1 aliphatic rings. The smallest absolute Gasteiger partial charge is 0.276 e. The fourth-order valence-electron chi connectivity index (χ4n) is 2.86. The molecule has 0 unspecified atom stereocenters. The Labute approximate surface area is 175 Å². The van der Waals surface area contributed by atoms with Gasteiger partial charge in [0, 0.05) is 10.9 Å². The fraction of sp³-hybridized carbons (Fsp3) is 0.471. The molecule has 0 heterocycles. The number of benzene rings is 1. The zero-order valence-electron chi connectivity index (χ0n) is 14.4. The van der Waals surface area contributed by atoms with Crippen LogP contribution in [0.5, 0.6) is 5.75 Å². The fourth-order valence-corrected chi connectivity index (χ4v) is 4.58. The third-order valence-corrected chi connectivity index (χ3v) is 5.31. The molecule has 142 valence electrons. The molecule has 2 rings (SSSR count). The molecule has 9 heteroatoms. The second kappa shape index (κ2) is 10.2. The van der Waals surface area contributed by atoms with E-state index in [2.05, 4.69) is 48.0 Å². The summed E-state index contributed by atoms with van der Waals surface area (Å²) < 4.78 is 7.20. The van der Waals surface area contributed by atoms with Gasteiger partial charge in [-0.3, -0.25) is 20.4 Å². The summed E-state index contributed by atoms with van der Waals surface area (Å²) >= 11 is 11.8. The van der Waals surface area contributed by atoms with Crippen molar-refractivity contribution in [2.24, 2.45) is 5.92 Å². The van der Waals surface area contributed by atoms with Crippen LogP contribution in [0.2, 0.25) is 0 Å². The highest BCUT2D eigenvalue weighted by Crippen LogP contribution is 2.32. The first-order valence-electron chi connectivity index (χ1n) is 8.32. The minimum atomic E-state index is -0.411. The molecule has 0 aromatic heterocycles. The number of halogens is 2. The number of nitrogens with one attached hydrogen (secondary N) is 3. The van der Waals surface area contributed by atoms with Crippen molar-refractivity contribution in [1.29, 1.82) is 0 Å². The lowest BCUT2D eigenvalue weighted by atomic mass is 10.0. The van der Waals surface area contributed by atoms with E-state index in [4.69, 9.17) is 17.0 Å². The molecule has 0 spiro atoms. The van der Waals surface area contributed by atoms with E-state index < -0.39 is 5.91 Å². The zero-order chi connectivity index (χ0) is 19.1. The van der Waals surface area contributed by atoms with Crippen LogP contribution in [0.3, 0.4) is 0 Å². The van der Waals surface area contributed by atoms with Crippen LogP contribution >= 0.6 is 44.1 Å². The van der Waals surface area contributed by atoms with Gasteiger partial charge >= 0.3 is 0 Å². The van der Waals surface area contributed by atoms with Crippen LogP contribution < -0.4 is 20.9 Å². The summed E-state index contributed by atoms with van der Waals surface area (Å²) in [5.74, 6) is 0.491. The van der Waals surface area contributed by atoms with E-state index in [1.165, 1.54) is 12.8 Å². The average Bonchev–Trinajstić information content (AvgIpc) is 3.04. The van der Waals surface area contributed by atoms with Crippen LogP contribution in [0.25, 0.3) is 0 Å². The number of aryl methyl sites for hydroxylation is 1. The highest BCUT2D eigenvalue weighted by molar-refractivity contribution is 9.11. The van der Waals surface area contributed by atoms with Crippen molar-refractivity contribution < 1.29 is 14.3 Å². The van der Waals surface area contributed by atoms with Crippen LogP contribution in [-0.2, 0) is 9.59 Å². The third-order valence-electron chi connectivity index (χ3n) is 4.06. The number of amides is 2. The monoisotopic (exact) mass is 505 g/mol. The van der Waals surface area contributed by atoms with Gasteiger partial charge in [-0.1, -0.05) is 28.8 Å². The number of carbonyl (C=O) groups excluding carboxylic acids is 2. The number of carbonyl (C=O) groups is 2. The normalized spacial score (nSPS) is 14.0. The molecule has 1 aromatic rings. The number of ether oxygens (including phenoxy) is 1. The molecule has 2 amide bonds. The van der Waals surface area contributed by atoms with Crippen molar-refractivity contribution in [3.05, 3.63) is 26.6 Å². The molecule has 0 aliphatic heterocycles. The van der Waals surface area contributed by atoms with Gasteiger partial charge < -0.3 is 10.1 Å². The summed E-state index contributed by atoms with van der Waals surface area (Å²) in [5, 5.41) is 2.65. The Balaban J connectivity index is 1.69. The number of hydrogen-bond donors (Lipinski definition) is 3. The predicted octanol–water partition coefficient (Wildman–Crippen LogP) is 3.50. The topological polar surface area (TPSA) is 79.5 Å². The Hall–Kier alpha value is -1.19. The quantitative estimate of drug-likeness (QED) is 0.420. The molecule has 1 aromatic carbocycles. The molecule has 1 aliphatic carbocycles. The Kier molecular flexibility index (Phi) is 8.30. The zero-order valence-corrected chi connectivity index (χ0v) is 18.4. The first-order valence-corrected chi connectivity index (χ1v) is 10.3. The van der Waals surface area contributed by atoms with E-state index in [9.17, 15) is 9.59 Å². The van der Waals surface area contributed by atoms with Crippen LogP contribution in [0.15, 0.2) is 21.1 Å².